The van der Waals surface area contributed by atoms with Gasteiger partial charge in [0.25, 0.3) is 0 Å². The number of aromatic nitrogens is 4. The Kier molecular flexibility index (Phi) is 5.85. The van der Waals surface area contributed by atoms with Crippen molar-refractivity contribution in [1.29, 1.82) is 0 Å². The van der Waals surface area contributed by atoms with E-state index >= 15 is 0 Å². The van der Waals surface area contributed by atoms with Crippen molar-refractivity contribution in [3.63, 3.8) is 0 Å². The van der Waals surface area contributed by atoms with Crippen molar-refractivity contribution in [2.45, 2.75) is 65.1 Å². The number of nitrogens with zero attached hydrogens (tertiary/aromatic N) is 4. The maximum absolute atomic E-state index is 12.5. The number of carbonyl (C=O) groups excluding carboxylic acids is 1. The summed E-state index contributed by atoms with van der Waals surface area (Å²) in [6.45, 7) is 5.56. The highest BCUT2D eigenvalue weighted by Crippen LogP contribution is 2.13. The molecule has 0 bridgehead atoms. The summed E-state index contributed by atoms with van der Waals surface area (Å²) < 4.78 is 3.37. The second kappa shape index (κ2) is 8.29. The van der Waals surface area contributed by atoms with Gasteiger partial charge in [0, 0.05) is 37.9 Å². The van der Waals surface area contributed by atoms with Crippen LogP contribution < -0.4 is 11.0 Å². The van der Waals surface area contributed by atoms with Crippen LogP contribution in [0.4, 0.5) is 0 Å². The van der Waals surface area contributed by atoms with Gasteiger partial charge in [-0.15, -0.1) is 0 Å². The van der Waals surface area contributed by atoms with Crippen molar-refractivity contribution in [3.05, 3.63) is 46.4 Å². The Morgan fingerprint density at radius 1 is 1.38 bits per heavy atom. The van der Waals surface area contributed by atoms with Crippen molar-refractivity contribution in [2.75, 3.05) is 0 Å². The molecule has 3 rings (SSSR count). The van der Waals surface area contributed by atoms with Crippen LogP contribution in [0.5, 0.6) is 0 Å². The third-order valence-electron chi connectivity index (χ3n) is 4.79. The van der Waals surface area contributed by atoms with Gasteiger partial charge in [-0.1, -0.05) is 19.9 Å². The summed E-state index contributed by atoms with van der Waals surface area (Å²) in [4.78, 5) is 28.8. The van der Waals surface area contributed by atoms with Crippen LogP contribution in [0.2, 0.25) is 0 Å². The molecule has 1 aliphatic rings. The highest BCUT2D eigenvalue weighted by atomic mass is 16.2. The zero-order chi connectivity index (χ0) is 18.5. The Labute approximate surface area is 153 Å². The number of hydrogen-bond acceptors (Lipinski definition) is 4. The fourth-order valence-electron chi connectivity index (χ4n) is 3.27. The smallest absolute Gasteiger partial charge is 0.345 e. The summed E-state index contributed by atoms with van der Waals surface area (Å²) in [5.41, 5.74) is 0.877. The van der Waals surface area contributed by atoms with Crippen LogP contribution in [0.1, 0.15) is 44.5 Å². The number of hydrogen-bond donors (Lipinski definition) is 1. The molecule has 0 aliphatic carbocycles. The molecule has 2 aromatic rings. The topological polar surface area (TPSA) is 81.8 Å². The molecule has 7 heteroatoms. The van der Waals surface area contributed by atoms with Crippen LogP contribution in [0.15, 0.2) is 29.3 Å². The van der Waals surface area contributed by atoms with Gasteiger partial charge in [0.15, 0.2) is 0 Å². The van der Waals surface area contributed by atoms with E-state index in [0.717, 1.165) is 30.7 Å². The zero-order valence-electron chi connectivity index (χ0n) is 15.5. The summed E-state index contributed by atoms with van der Waals surface area (Å²) in [6.07, 6.45) is 6.95. The Morgan fingerprint density at radius 2 is 2.23 bits per heavy atom. The number of fused-ring (bicyclic) bond motifs is 1. The molecule has 1 aliphatic heterocycles. The second-order valence-corrected chi connectivity index (χ2v) is 7.39. The van der Waals surface area contributed by atoms with E-state index in [9.17, 15) is 9.59 Å². The van der Waals surface area contributed by atoms with E-state index in [4.69, 9.17) is 0 Å². The van der Waals surface area contributed by atoms with Gasteiger partial charge in [0.2, 0.25) is 5.91 Å². The first-order chi connectivity index (χ1) is 12.5. The predicted molar refractivity (Wildman–Crippen MR) is 98.8 cm³/mol. The Morgan fingerprint density at radius 3 is 2.96 bits per heavy atom. The molecule has 26 heavy (non-hydrogen) atoms. The van der Waals surface area contributed by atoms with Gasteiger partial charge in [0.1, 0.15) is 5.82 Å². The van der Waals surface area contributed by atoms with E-state index in [1.165, 1.54) is 0 Å². The lowest BCUT2D eigenvalue weighted by atomic mass is 10.1. The predicted octanol–water partition coefficient (Wildman–Crippen LogP) is 1.55. The number of pyridine rings is 1. The molecular weight excluding hydrogens is 330 g/mol. The highest BCUT2D eigenvalue weighted by molar-refractivity contribution is 5.78. The van der Waals surface area contributed by atoms with Gasteiger partial charge in [-0.25, -0.2) is 9.48 Å². The van der Waals surface area contributed by atoms with Crippen molar-refractivity contribution in [3.8, 4) is 0 Å². The van der Waals surface area contributed by atoms with E-state index in [1.807, 2.05) is 12.1 Å². The summed E-state index contributed by atoms with van der Waals surface area (Å²) in [7, 11) is 0. The first kappa shape index (κ1) is 18.4. The number of carbonyl (C=O) groups is 1. The molecule has 0 saturated heterocycles. The largest absolute Gasteiger partial charge is 0.353 e. The number of aryl methyl sites for hydroxylation is 2. The lowest BCUT2D eigenvalue weighted by Crippen LogP contribution is -2.36. The van der Waals surface area contributed by atoms with Gasteiger partial charge < -0.3 is 5.32 Å². The Hall–Kier alpha value is -2.44. The average molecular weight is 357 g/mol. The van der Waals surface area contributed by atoms with Crippen LogP contribution >= 0.6 is 0 Å². The molecule has 1 atom stereocenters. The van der Waals surface area contributed by atoms with Crippen molar-refractivity contribution >= 4 is 5.91 Å². The summed E-state index contributed by atoms with van der Waals surface area (Å²) in [6, 6.07) is 3.80. The minimum Gasteiger partial charge on any atom is -0.353 e. The van der Waals surface area contributed by atoms with E-state index < -0.39 is 0 Å². The second-order valence-electron chi connectivity index (χ2n) is 7.39. The average Bonchev–Trinajstić information content (AvgIpc) is 2.77. The molecule has 0 spiro atoms. The van der Waals surface area contributed by atoms with E-state index in [0.29, 0.717) is 31.8 Å². The van der Waals surface area contributed by atoms with Gasteiger partial charge in [-0.3, -0.25) is 14.3 Å². The molecule has 0 fully saturated rings. The van der Waals surface area contributed by atoms with E-state index in [1.54, 1.807) is 21.6 Å². The fourth-order valence-corrected chi connectivity index (χ4v) is 3.27. The highest BCUT2D eigenvalue weighted by Gasteiger charge is 2.22. The van der Waals surface area contributed by atoms with Crippen LogP contribution in [0.3, 0.4) is 0 Å². The number of nitrogens with one attached hydrogen (secondary N) is 1. The quantitative estimate of drug-likeness (QED) is 0.850. The van der Waals surface area contributed by atoms with Gasteiger partial charge in [-0.2, -0.15) is 5.10 Å². The monoisotopic (exact) mass is 357 g/mol. The normalized spacial score (nSPS) is 17.0. The lowest BCUT2D eigenvalue weighted by molar-refractivity contribution is -0.121. The van der Waals surface area contributed by atoms with Gasteiger partial charge >= 0.3 is 5.69 Å². The molecule has 0 saturated carbocycles. The standard InChI is InChI=1S/C19H27N5O2/c1-14(2)7-11-24-19(26)23-10-8-16(5-6-17(23)22-24)21-18(25)12-15-4-3-9-20-13-15/h3-4,9,13-14,16H,5-8,10-12H2,1-2H3,(H,21,25). The lowest BCUT2D eigenvalue weighted by Gasteiger charge is -2.16. The van der Waals surface area contributed by atoms with Crippen molar-refractivity contribution in [2.24, 2.45) is 5.92 Å². The van der Waals surface area contributed by atoms with Crippen LogP contribution in [-0.2, 0) is 30.7 Å². The third kappa shape index (κ3) is 4.59. The number of rotatable bonds is 6. The SMILES string of the molecule is CC(C)CCn1nc2n(c1=O)CCC(NC(=O)Cc1cccnc1)CC2. The molecule has 2 aromatic heterocycles. The minimum atomic E-state index is -0.0250. The summed E-state index contributed by atoms with van der Waals surface area (Å²) in [5.74, 6) is 1.38. The van der Waals surface area contributed by atoms with Crippen molar-refractivity contribution in [1.82, 2.24) is 24.6 Å². The third-order valence-corrected chi connectivity index (χ3v) is 4.79. The maximum Gasteiger partial charge on any atom is 0.345 e. The molecular formula is C19H27N5O2. The van der Waals surface area contributed by atoms with Gasteiger partial charge in [0.05, 0.1) is 6.42 Å². The molecule has 1 unspecified atom stereocenters. The Bertz CT molecular complexity index is 794. The summed E-state index contributed by atoms with van der Waals surface area (Å²) >= 11 is 0. The van der Waals surface area contributed by atoms with Crippen LogP contribution in [-0.4, -0.2) is 31.3 Å². The molecule has 0 radical (unpaired) electrons. The zero-order valence-corrected chi connectivity index (χ0v) is 15.5. The van der Waals surface area contributed by atoms with Gasteiger partial charge in [-0.05, 0) is 36.8 Å². The number of amides is 1. The minimum absolute atomic E-state index is 0.00288. The van der Waals surface area contributed by atoms with Crippen molar-refractivity contribution < 1.29 is 4.79 Å². The van der Waals surface area contributed by atoms with Crippen LogP contribution in [0.25, 0.3) is 0 Å². The first-order valence-corrected chi connectivity index (χ1v) is 9.37. The fraction of sp³-hybridized carbons (Fsp3) is 0.579. The Balaban J connectivity index is 1.57. The molecule has 1 N–H and O–H groups in total. The van der Waals surface area contributed by atoms with E-state index in [2.05, 4.69) is 29.2 Å². The molecule has 7 nitrogen and oxygen atoms in total. The maximum atomic E-state index is 12.5. The molecule has 1 amide bonds. The van der Waals surface area contributed by atoms with E-state index in [-0.39, 0.29) is 17.6 Å². The molecule has 0 aromatic carbocycles. The first-order valence-electron chi connectivity index (χ1n) is 9.37. The molecule has 140 valence electrons. The summed E-state index contributed by atoms with van der Waals surface area (Å²) in [5, 5.41) is 7.60. The molecule has 3 heterocycles. The van der Waals surface area contributed by atoms with Crippen LogP contribution in [0, 0.1) is 5.92 Å².